The van der Waals surface area contributed by atoms with Crippen molar-refractivity contribution in [2.24, 2.45) is 4.99 Å². The number of rotatable bonds is 5. The highest BCUT2D eigenvalue weighted by molar-refractivity contribution is 7.99. The number of morpholine rings is 1. The normalized spacial score (nSPS) is 25.1. The van der Waals surface area contributed by atoms with Crippen LogP contribution >= 0.6 is 11.8 Å². The number of thioether (sulfide) groups is 1. The molecule has 2 rings (SSSR count). The van der Waals surface area contributed by atoms with Gasteiger partial charge in [0.05, 0.1) is 19.3 Å². The van der Waals surface area contributed by atoms with Crippen molar-refractivity contribution in [1.82, 2.24) is 15.1 Å². The average molecular weight is 316 g/mol. The molecule has 122 valence electrons. The first-order valence-corrected chi connectivity index (χ1v) is 8.85. The Kier molecular flexibility index (Phi) is 7.63. The molecule has 1 N–H and O–H groups in total. The molecule has 21 heavy (non-hydrogen) atoms. The second kappa shape index (κ2) is 9.50. The van der Waals surface area contributed by atoms with Crippen molar-refractivity contribution in [1.29, 1.82) is 0 Å². The third-order valence-electron chi connectivity index (χ3n) is 3.82. The maximum Gasteiger partial charge on any atom is 0.193 e. The molecule has 7 heteroatoms. The van der Waals surface area contributed by atoms with Gasteiger partial charge in [-0.1, -0.05) is 0 Å². The van der Waals surface area contributed by atoms with Gasteiger partial charge in [0.15, 0.2) is 5.96 Å². The summed E-state index contributed by atoms with van der Waals surface area (Å²) < 4.78 is 10.9. The molecule has 2 aliphatic heterocycles. The Hall–Kier alpha value is -0.500. The lowest BCUT2D eigenvalue weighted by Gasteiger charge is -2.35. The SMILES string of the molecule is CN=C(NCCN1CCSCC1)N1CCOC(COC)C1. The summed E-state index contributed by atoms with van der Waals surface area (Å²) in [6.45, 7) is 7.55. The number of hydrogen-bond donors (Lipinski definition) is 1. The lowest BCUT2D eigenvalue weighted by molar-refractivity contribution is -0.0447. The van der Waals surface area contributed by atoms with E-state index in [1.54, 1.807) is 7.11 Å². The summed E-state index contributed by atoms with van der Waals surface area (Å²) in [5.41, 5.74) is 0. The van der Waals surface area contributed by atoms with Crippen molar-refractivity contribution in [2.75, 3.05) is 78.1 Å². The maximum absolute atomic E-state index is 5.68. The number of aliphatic imine (C=N–C) groups is 1. The van der Waals surface area contributed by atoms with Crippen LogP contribution in [0.4, 0.5) is 0 Å². The van der Waals surface area contributed by atoms with E-state index in [-0.39, 0.29) is 6.10 Å². The molecule has 0 spiro atoms. The smallest absolute Gasteiger partial charge is 0.193 e. The number of nitrogens with one attached hydrogen (secondary N) is 1. The monoisotopic (exact) mass is 316 g/mol. The standard InChI is InChI=1S/C14H28N4O2S/c1-15-14(16-3-4-17-6-9-21-10-7-17)18-5-8-20-13(11-18)12-19-2/h13H,3-12H2,1-2H3,(H,15,16). The van der Waals surface area contributed by atoms with Gasteiger partial charge in [0.25, 0.3) is 0 Å². The molecule has 0 saturated carbocycles. The minimum absolute atomic E-state index is 0.140. The number of nitrogens with zero attached hydrogens (tertiary/aromatic N) is 3. The second-order valence-electron chi connectivity index (χ2n) is 5.32. The highest BCUT2D eigenvalue weighted by Crippen LogP contribution is 2.08. The lowest BCUT2D eigenvalue weighted by atomic mass is 10.3. The molecule has 0 aromatic heterocycles. The summed E-state index contributed by atoms with van der Waals surface area (Å²) in [5, 5.41) is 3.48. The van der Waals surface area contributed by atoms with Crippen LogP contribution in [0.25, 0.3) is 0 Å². The van der Waals surface area contributed by atoms with Crippen LogP contribution in [-0.2, 0) is 9.47 Å². The van der Waals surface area contributed by atoms with Gasteiger partial charge in [-0.05, 0) is 0 Å². The van der Waals surface area contributed by atoms with Gasteiger partial charge in [-0.15, -0.1) is 0 Å². The third kappa shape index (κ3) is 5.65. The molecular formula is C14H28N4O2S. The van der Waals surface area contributed by atoms with Crippen molar-refractivity contribution >= 4 is 17.7 Å². The summed E-state index contributed by atoms with van der Waals surface area (Å²) in [5.74, 6) is 3.50. The van der Waals surface area contributed by atoms with Crippen molar-refractivity contribution in [3.8, 4) is 0 Å². The molecule has 0 aromatic rings. The molecule has 1 atom stereocenters. The average Bonchev–Trinajstić information content (AvgIpc) is 2.53. The van der Waals surface area contributed by atoms with E-state index in [0.29, 0.717) is 6.61 Å². The molecule has 0 radical (unpaired) electrons. The van der Waals surface area contributed by atoms with Crippen LogP contribution in [0.15, 0.2) is 4.99 Å². The minimum Gasteiger partial charge on any atom is -0.382 e. The molecular weight excluding hydrogens is 288 g/mol. The zero-order chi connectivity index (χ0) is 14.9. The minimum atomic E-state index is 0.140. The third-order valence-corrected chi connectivity index (χ3v) is 4.76. The van der Waals surface area contributed by atoms with Gasteiger partial charge >= 0.3 is 0 Å². The Morgan fingerprint density at radius 3 is 2.90 bits per heavy atom. The molecule has 2 aliphatic rings. The fraction of sp³-hybridized carbons (Fsp3) is 0.929. The van der Waals surface area contributed by atoms with Gasteiger partial charge in [0.1, 0.15) is 0 Å². The Balaban J connectivity index is 1.71. The van der Waals surface area contributed by atoms with Crippen LogP contribution in [0, 0.1) is 0 Å². The van der Waals surface area contributed by atoms with Gasteiger partial charge in [0, 0.05) is 64.9 Å². The Labute approximate surface area is 132 Å². The van der Waals surface area contributed by atoms with Crippen LogP contribution in [0.5, 0.6) is 0 Å². The van der Waals surface area contributed by atoms with E-state index in [0.717, 1.165) is 38.7 Å². The highest BCUT2D eigenvalue weighted by atomic mass is 32.2. The van der Waals surface area contributed by atoms with E-state index in [1.807, 2.05) is 7.05 Å². The topological polar surface area (TPSA) is 49.3 Å². The van der Waals surface area contributed by atoms with Crippen LogP contribution < -0.4 is 5.32 Å². The first-order valence-electron chi connectivity index (χ1n) is 7.69. The first-order chi connectivity index (χ1) is 10.3. The van der Waals surface area contributed by atoms with Gasteiger partial charge < -0.3 is 19.7 Å². The van der Waals surface area contributed by atoms with Crippen molar-refractivity contribution in [3.05, 3.63) is 0 Å². The van der Waals surface area contributed by atoms with E-state index in [2.05, 4.69) is 31.9 Å². The Bertz CT molecular complexity index is 322. The molecule has 1 unspecified atom stereocenters. The van der Waals surface area contributed by atoms with Gasteiger partial charge in [-0.3, -0.25) is 9.89 Å². The Morgan fingerprint density at radius 1 is 1.38 bits per heavy atom. The molecule has 2 heterocycles. The van der Waals surface area contributed by atoms with E-state index in [1.165, 1.54) is 24.6 Å². The van der Waals surface area contributed by atoms with Crippen molar-refractivity contribution < 1.29 is 9.47 Å². The van der Waals surface area contributed by atoms with Crippen molar-refractivity contribution in [3.63, 3.8) is 0 Å². The summed E-state index contributed by atoms with van der Waals surface area (Å²) in [7, 11) is 3.56. The fourth-order valence-corrected chi connectivity index (χ4v) is 3.66. The second-order valence-corrected chi connectivity index (χ2v) is 6.55. The molecule has 0 aliphatic carbocycles. The van der Waals surface area contributed by atoms with Crippen LogP contribution in [-0.4, -0.2) is 100 Å². The zero-order valence-corrected chi connectivity index (χ0v) is 14.0. The summed E-state index contributed by atoms with van der Waals surface area (Å²) >= 11 is 2.05. The molecule has 0 bridgehead atoms. The highest BCUT2D eigenvalue weighted by Gasteiger charge is 2.22. The van der Waals surface area contributed by atoms with E-state index >= 15 is 0 Å². The Morgan fingerprint density at radius 2 is 2.19 bits per heavy atom. The van der Waals surface area contributed by atoms with Gasteiger partial charge in [0.2, 0.25) is 0 Å². The molecule has 2 saturated heterocycles. The summed E-state index contributed by atoms with van der Waals surface area (Å²) in [4.78, 5) is 9.18. The van der Waals surface area contributed by atoms with Crippen LogP contribution in [0.1, 0.15) is 0 Å². The number of methoxy groups -OCH3 is 1. The van der Waals surface area contributed by atoms with Crippen LogP contribution in [0.2, 0.25) is 0 Å². The molecule has 0 aromatic carbocycles. The van der Waals surface area contributed by atoms with E-state index < -0.39 is 0 Å². The zero-order valence-electron chi connectivity index (χ0n) is 13.2. The van der Waals surface area contributed by atoms with Crippen molar-refractivity contribution in [2.45, 2.75) is 6.10 Å². The quantitative estimate of drug-likeness (QED) is 0.567. The van der Waals surface area contributed by atoms with E-state index in [9.17, 15) is 0 Å². The molecule has 0 amide bonds. The number of hydrogen-bond acceptors (Lipinski definition) is 5. The fourth-order valence-electron chi connectivity index (χ4n) is 2.68. The largest absolute Gasteiger partial charge is 0.382 e. The maximum atomic E-state index is 5.68. The number of ether oxygens (including phenoxy) is 2. The lowest BCUT2D eigenvalue weighted by Crippen LogP contribution is -2.52. The summed E-state index contributed by atoms with van der Waals surface area (Å²) in [6, 6.07) is 0. The number of guanidine groups is 1. The predicted molar refractivity (Wildman–Crippen MR) is 88.3 cm³/mol. The van der Waals surface area contributed by atoms with E-state index in [4.69, 9.17) is 9.47 Å². The van der Waals surface area contributed by atoms with Gasteiger partial charge in [-0.25, -0.2) is 0 Å². The predicted octanol–water partition coefficient (Wildman–Crippen LogP) is -0.0422. The first kappa shape index (κ1) is 16.9. The van der Waals surface area contributed by atoms with Gasteiger partial charge in [-0.2, -0.15) is 11.8 Å². The van der Waals surface area contributed by atoms with Crippen LogP contribution in [0.3, 0.4) is 0 Å². The molecule has 2 fully saturated rings. The molecule has 6 nitrogen and oxygen atoms in total. The summed E-state index contributed by atoms with van der Waals surface area (Å²) in [6.07, 6.45) is 0.140.